The molecular formula is C24H24N2O4. The maximum Gasteiger partial charge on any atom is 0.347 e. The summed E-state index contributed by atoms with van der Waals surface area (Å²) in [5, 5.41) is 3.37. The first-order chi connectivity index (χ1) is 14.4. The number of hydrogen-bond donors (Lipinski definition) is 1. The first-order valence-corrected chi connectivity index (χ1v) is 9.84. The molecule has 0 aliphatic carbocycles. The molecule has 0 spiro atoms. The van der Waals surface area contributed by atoms with E-state index in [-0.39, 0.29) is 11.5 Å². The van der Waals surface area contributed by atoms with Gasteiger partial charge in [-0.05, 0) is 55.8 Å². The third-order valence-electron chi connectivity index (χ3n) is 4.77. The summed E-state index contributed by atoms with van der Waals surface area (Å²) in [4.78, 5) is 38.1. The van der Waals surface area contributed by atoms with Gasteiger partial charge in [0.05, 0.1) is 0 Å². The summed E-state index contributed by atoms with van der Waals surface area (Å²) in [7, 11) is 0. The molecule has 1 N–H and O–H groups in total. The minimum atomic E-state index is -0.658. The first-order valence-electron chi connectivity index (χ1n) is 9.84. The largest absolute Gasteiger partial charge is 0.422 e. The Hall–Kier alpha value is -3.67. The number of hydrogen-bond acceptors (Lipinski definition) is 5. The molecule has 0 fully saturated rings. The predicted molar refractivity (Wildman–Crippen MR) is 120 cm³/mol. The Kier molecular flexibility index (Phi) is 6.47. The van der Waals surface area contributed by atoms with E-state index in [2.05, 4.69) is 24.1 Å². The summed E-state index contributed by atoms with van der Waals surface area (Å²) < 4.78 is 5.42. The van der Waals surface area contributed by atoms with Crippen LogP contribution in [0.25, 0.3) is 17.0 Å². The second-order valence-corrected chi connectivity index (χ2v) is 6.84. The van der Waals surface area contributed by atoms with Crippen molar-refractivity contribution < 1.29 is 14.0 Å². The monoisotopic (exact) mass is 404 g/mol. The zero-order valence-electron chi connectivity index (χ0n) is 17.3. The summed E-state index contributed by atoms with van der Waals surface area (Å²) in [6, 6.07) is 14.2. The molecule has 0 saturated carbocycles. The van der Waals surface area contributed by atoms with Crippen molar-refractivity contribution in [3.05, 3.63) is 76.2 Å². The highest BCUT2D eigenvalue weighted by atomic mass is 16.4. The summed E-state index contributed by atoms with van der Waals surface area (Å²) in [5.41, 5.74) is 2.20. The molecule has 0 radical (unpaired) electrons. The number of nitrogens with one attached hydrogen (secondary N) is 1. The van der Waals surface area contributed by atoms with Crippen molar-refractivity contribution in [3.8, 4) is 0 Å². The molecule has 1 heterocycles. The maximum atomic E-state index is 12.6. The van der Waals surface area contributed by atoms with Gasteiger partial charge in [0.15, 0.2) is 5.78 Å². The lowest BCUT2D eigenvalue weighted by molar-refractivity contribution is -0.114. The van der Waals surface area contributed by atoms with Crippen LogP contribution in [-0.4, -0.2) is 24.8 Å². The summed E-state index contributed by atoms with van der Waals surface area (Å²) in [5.74, 6) is -0.579. The fourth-order valence-corrected chi connectivity index (χ4v) is 3.20. The van der Waals surface area contributed by atoms with E-state index in [0.717, 1.165) is 24.3 Å². The Labute approximate surface area is 174 Å². The third-order valence-corrected chi connectivity index (χ3v) is 4.77. The molecular weight excluding hydrogens is 380 g/mol. The number of rotatable bonds is 7. The van der Waals surface area contributed by atoms with Crippen LogP contribution in [0.4, 0.5) is 11.4 Å². The van der Waals surface area contributed by atoms with Crippen molar-refractivity contribution in [2.45, 2.75) is 20.8 Å². The minimum absolute atomic E-state index is 0.00999. The van der Waals surface area contributed by atoms with Crippen molar-refractivity contribution in [3.63, 3.8) is 0 Å². The highest BCUT2D eigenvalue weighted by Crippen LogP contribution is 2.22. The average molecular weight is 404 g/mol. The lowest BCUT2D eigenvalue weighted by Crippen LogP contribution is -2.21. The number of carbonyl (C=O) groups is 2. The molecule has 0 aliphatic heterocycles. The molecule has 154 valence electrons. The molecule has 0 atom stereocenters. The van der Waals surface area contributed by atoms with Crippen molar-refractivity contribution >= 4 is 40.1 Å². The second-order valence-electron chi connectivity index (χ2n) is 6.84. The van der Waals surface area contributed by atoms with Gasteiger partial charge in [0.1, 0.15) is 11.1 Å². The number of carbonyl (C=O) groups excluding carboxylic acids is 2. The van der Waals surface area contributed by atoms with Crippen LogP contribution in [0.1, 0.15) is 36.7 Å². The van der Waals surface area contributed by atoms with Gasteiger partial charge in [-0.25, -0.2) is 4.79 Å². The molecule has 3 rings (SSSR count). The number of fused-ring (bicyclic) bond motifs is 1. The molecule has 1 aromatic heterocycles. The lowest BCUT2D eigenvalue weighted by Gasteiger charge is -2.20. The molecule has 30 heavy (non-hydrogen) atoms. The molecule has 3 aromatic rings. The average Bonchev–Trinajstić information content (AvgIpc) is 2.73. The van der Waals surface area contributed by atoms with Crippen LogP contribution in [0, 0.1) is 0 Å². The highest BCUT2D eigenvalue weighted by Gasteiger charge is 2.12. The van der Waals surface area contributed by atoms with Gasteiger partial charge in [0.25, 0.3) is 0 Å². The molecule has 0 aliphatic rings. The predicted octanol–water partition coefficient (Wildman–Crippen LogP) is 4.49. The van der Waals surface area contributed by atoms with E-state index in [1.807, 2.05) is 18.2 Å². The number of anilines is 2. The van der Waals surface area contributed by atoms with Gasteiger partial charge in [-0.3, -0.25) is 9.59 Å². The first kappa shape index (κ1) is 21.0. The van der Waals surface area contributed by atoms with Crippen LogP contribution in [0.15, 0.2) is 63.8 Å². The molecule has 0 bridgehead atoms. The Bertz CT molecular complexity index is 1160. The van der Waals surface area contributed by atoms with Gasteiger partial charge in [0, 0.05) is 42.8 Å². The topological polar surface area (TPSA) is 79.6 Å². The van der Waals surface area contributed by atoms with E-state index >= 15 is 0 Å². The summed E-state index contributed by atoms with van der Waals surface area (Å²) in [6.07, 6.45) is 2.96. The van der Waals surface area contributed by atoms with Crippen LogP contribution >= 0.6 is 0 Å². The lowest BCUT2D eigenvalue weighted by atomic mass is 10.1. The Balaban J connectivity index is 1.83. The Morgan fingerprint density at radius 3 is 2.37 bits per heavy atom. The van der Waals surface area contributed by atoms with Gasteiger partial charge >= 0.3 is 5.63 Å². The van der Waals surface area contributed by atoms with Crippen LogP contribution in [0.2, 0.25) is 0 Å². The molecule has 0 saturated heterocycles. The zero-order chi connectivity index (χ0) is 21.7. The van der Waals surface area contributed by atoms with E-state index in [0.29, 0.717) is 16.7 Å². The second kappa shape index (κ2) is 9.22. The van der Waals surface area contributed by atoms with Crippen molar-refractivity contribution in [1.29, 1.82) is 0 Å². The van der Waals surface area contributed by atoms with Crippen LogP contribution in [0.3, 0.4) is 0 Å². The zero-order valence-corrected chi connectivity index (χ0v) is 17.3. The Morgan fingerprint density at radius 1 is 1.03 bits per heavy atom. The normalized spacial score (nSPS) is 11.0. The summed E-state index contributed by atoms with van der Waals surface area (Å²) >= 11 is 0. The molecule has 0 unspecified atom stereocenters. The number of allylic oxidation sites excluding steroid dienone is 1. The molecule has 6 nitrogen and oxygen atoms in total. The van der Waals surface area contributed by atoms with E-state index < -0.39 is 11.4 Å². The number of benzene rings is 2. The van der Waals surface area contributed by atoms with Gasteiger partial charge in [-0.15, -0.1) is 0 Å². The summed E-state index contributed by atoms with van der Waals surface area (Å²) in [6.45, 7) is 7.25. The van der Waals surface area contributed by atoms with Crippen LogP contribution in [0.5, 0.6) is 0 Å². The van der Waals surface area contributed by atoms with Gasteiger partial charge < -0.3 is 14.6 Å². The van der Waals surface area contributed by atoms with Gasteiger partial charge in [-0.1, -0.05) is 18.2 Å². The molecule has 2 aromatic carbocycles. The quantitative estimate of drug-likeness (QED) is 0.356. The van der Waals surface area contributed by atoms with E-state index in [4.69, 9.17) is 4.42 Å². The van der Waals surface area contributed by atoms with Crippen LogP contribution in [-0.2, 0) is 4.79 Å². The standard InChI is InChI=1S/C24H24N2O4/c1-4-26(5-2)20-12-9-18-14-21(24(29)30-23(18)15-20)22(28)13-8-17-6-10-19(11-7-17)25-16(3)27/h6-15H,4-5H2,1-3H3,(H,25,27). The van der Waals surface area contributed by atoms with Crippen LogP contribution < -0.4 is 15.8 Å². The van der Waals surface area contributed by atoms with Gasteiger partial charge in [-0.2, -0.15) is 0 Å². The van der Waals surface area contributed by atoms with Crippen molar-refractivity contribution in [2.24, 2.45) is 0 Å². The number of ketones is 1. The van der Waals surface area contributed by atoms with E-state index in [1.54, 1.807) is 36.4 Å². The molecule has 1 amide bonds. The molecule has 6 heteroatoms. The number of amides is 1. The van der Waals surface area contributed by atoms with Crippen molar-refractivity contribution in [2.75, 3.05) is 23.3 Å². The minimum Gasteiger partial charge on any atom is -0.422 e. The SMILES string of the molecule is CCN(CC)c1ccc2cc(C(=O)C=Cc3ccc(NC(C)=O)cc3)c(=O)oc2c1. The smallest absolute Gasteiger partial charge is 0.347 e. The Morgan fingerprint density at radius 2 is 1.73 bits per heavy atom. The fourth-order valence-electron chi connectivity index (χ4n) is 3.20. The highest BCUT2D eigenvalue weighted by molar-refractivity contribution is 6.07. The van der Waals surface area contributed by atoms with Gasteiger partial charge in [0.2, 0.25) is 5.91 Å². The van der Waals surface area contributed by atoms with Crippen molar-refractivity contribution in [1.82, 2.24) is 0 Å². The van der Waals surface area contributed by atoms with E-state index in [1.165, 1.54) is 13.0 Å². The number of nitrogens with zero attached hydrogens (tertiary/aromatic N) is 1. The maximum absolute atomic E-state index is 12.6. The van der Waals surface area contributed by atoms with E-state index in [9.17, 15) is 14.4 Å². The third kappa shape index (κ3) is 4.84. The fraction of sp³-hybridized carbons (Fsp3) is 0.208.